The third-order valence-electron chi connectivity index (χ3n) is 1.54. The van der Waals surface area contributed by atoms with Crippen LogP contribution in [0.25, 0.3) is 0 Å². The van der Waals surface area contributed by atoms with Gasteiger partial charge in [0.1, 0.15) is 5.70 Å². The topological polar surface area (TPSA) is 41.5 Å². The number of carbonyl (C=O) groups excluding carboxylic acids is 1. The Morgan fingerprint density at radius 3 is 2.21 bits per heavy atom. The van der Waals surface area contributed by atoms with Crippen LogP contribution in [0.4, 0.5) is 0 Å². The summed E-state index contributed by atoms with van der Waals surface area (Å²) < 4.78 is 0. The van der Waals surface area contributed by atoms with Crippen molar-refractivity contribution >= 4 is 12.6 Å². The predicted octanol–water partition coefficient (Wildman–Crippen LogP) is 2.06. The summed E-state index contributed by atoms with van der Waals surface area (Å²) in [5, 5.41) is 2.81. The van der Waals surface area contributed by atoms with Gasteiger partial charge in [0.15, 0.2) is 0 Å². The van der Waals surface area contributed by atoms with Crippen LogP contribution in [0.1, 0.15) is 27.7 Å². The maximum Gasteiger partial charge on any atom is 0.270 e. The predicted molar refractivity (Wildman–Crippen MR) is 60.3 cm³/mol. The van der Waals surface area contributed by atoms with Crippen LogP contribution >= 0.6 is 0 Å². The first-order chi connectivity index (χ1) is 6.31. The molecule has 0 aliphatic rings. The van der Waals surface area contributed by atoms with Gasteiger partial charge in [-0.05, 0) is 40.0 Å². The van der Waals surface area contributed by atoms with E-state index >= 15 is 0 Å². The van der Waals surface area contributed by atoms with Crippen molar-refractivity contribution in [1.82, 2.24) is 5.32 Å². The van der Waals surface area contributed by atoms with Crippen LogP contribution in [0.3, 0.4) is 0 Å². The zero-order chi connectivity index (χ0) is 11.4. The smallest absolute Gasteiger partial charge is 0.270 e. The highest BCUT2D eigenvalue weighted by Crippen LogP contribution is 2.08. The molecule has 1 amide bonds. The molecule has 78 valence electrons. The van der Waals surface area contributed by atoms with Crippen molar-refractivity contribution in [3.63, 3.8) is 0 Å². The van der Waals surface area contributed by atoms with E-state index in [1.165, 1.54) is 0 Å². The third kappa shape index (κ3) is 4.03. The van der Waals surface area contributed by atoms with E-state index in [9.17, 15) is 4.79 Å². The highest BCUT2D eigenvalue weighted by Gasteiger charge is 2.17. The molecule has 0 rings (SSSR count). The van der Waals surface area contributed by atoms with Crippen molar-refractivity contribution in [1.29, 1.82) is 0 Å². The average Bonchev–Trinajstić information content (AvgIpc) is 2.01. The Bertz CT molecular complexity index is 282. The summed E-state index contributed by atoms with van der Waals surface area (Å²) in [6.07, 6.45) is 1.59. The molecule has 0 fully saturated rings. The zero-order valence-corrected chi connectivity index (χ0v) is 9.35. The van der Waals surface area contributed by atoms with Gasteiger partial charge in [0.05, 0.1) is 0 Å². The normalized spacial score (nSPS) is 12.9. The molecule has 0 aliphatic carbocycles. The molecule has 0 aromatic carbocycles. The molecule has 0 heterocycles. The molecule has 3 heteroatoms. The molecule has 0 unspecified atom stereocenters. The van der Waals surface area contributed by atoms with Crippen molar-refractivity contribution in [2.75, 3.05) is 0 Å². The minimum absolute atomic E-state index is 0.218. The van der Waals surface area contributed by atoms with E-state index in [-0.39, 0.29) is 11.4 Å². The number of hydrogen-bond donors (Lipinski definition) is 1. The lowest BCUT2D eigenvalue weighted by molar-refractivity contribution is -0.118. The fourth-order valence-electron chi connectivity index (χ4n) is 0.872. The molecule has 0 spiro atoms. The summed E-state index contributed by atoms with van der Waals surface area (Å²) in [6, 6.07) is 0. The fourth-order valence-corrected chi connectivity index (χ4v) is 0.872. The Kier molecular flexibility index (Phi) is 4.28. The molecular weight excluding hydrogens is 176 g/mol. The maximum absolute atomic E-state index is 11.6. The Morgan fingerprint density at radius 1 is 1.43 bits per heavy atom. The minimum Gasteiger partial charge on any atom is -0.346 e. The minimum atomic E-state index is -0.269. The van der Waals surface area contributed by atoms with Gasteiger partial charge >= 0.3 is 0 Å². The lowest BCUT2D eigenvalue weighted by Gasteiger charge is -2.20. The first-order valence-corrected chi connectivity index (χ1v) is 4.44. The largest absolute Gasteiger partial charge is 0.346 e. The van der Waals surface area contributed by atoms with E-state index in [1.54, 1.807) is 13.0 Å². The quantitative estimate of drug-likeness (QED) is 0.417. The highest BCUT2D eigenvalue weighted by molar-refractivity contribution is 5.95. The standard InChI is InChI=1S/C11H18N2O/c1-7-8(2)9(12-6)10(14)13-11(3,4)5/h7H,1,6H2,2-5H3,(H,13,14)/b9-8-. The van der Waals surface area contributed by atoms with Gasteiger partial charge in [-0.3, -0.25) is 9.79 Å². The van der Waals surface area contributed by atoms with Crippen molar-refractivity contribution in [2.45, 2.75) is 33.2 Å². The second-order valence-corrected chi connectivity index (χ2v) is 4.10. The van der Waals surface area contributed by atoms with Gasteiger partial charge in [-0.2, -0.15) is 0 Å². The van der Waals surface area contributed by atoms with E-state index < -0.39 is 0 Å². The number of nitrogens with one attached hydrogen (secondary N) is 1. The van der Waals surface area contributed by atoms with Gasteiger partial charge in [-0.15, -0.1) is 0 Å². The van der Waals surface area contributed by atoms with Gasteiger partial charge in [0.2, 0.25) is 0 Å². The van der Waals surface area contributed by atoms with Crippen LogP contribution in [0, 0.1) is 0 Å². The van der Waals surface area contributed by atoms with Crippen molar-refractivity contribution < 1.29 is 4.79 Å². The van der Waals surface area contributed by atoms with Crippen LogP contribution in [-0.4, -0.2) is 18.2 Å². The summed E-state index contributed by atoms with van der Waals surface area (Å²) in [6.45, 7) is 14.5. The van der Waals surface area contributed by atoms with Crippen LogP contribution in [0.2, 0.25) is 0 Å². The van der Waals surface area contributed by atoms with E-state index in [0.29, 0.717) is 5.70 Å². The van der Waals surface area contributed by atoms with Crippen LogP contribution in [0.5, 0.6) is 0 Å². The molecule has 3 nitrogen and oxygen atoms in total. The van der Waals surface area contributed by atoms with Gasteiger partial charge < -0.3 is 5.32 Å². The molecule has 0 radical (unpaired) electrons. The number of nitrogens with zero attached hydrogens (tertiary/aromatic N) is 1. The Morgan fingerprint density at radius 2 is 1.93 bits per heavy atom. The van der Waals surface area contributed by atoms with Gasteiger partial charge in [0.25, 0.3) is 5.91 Å². The highest BCUT2D eigenvalue weighted by atomic mass is 16.2. The van der Waals surface area contributed by atoms with Crippen molar-refractivity contribution in [2.24, 2.45) is 4.99 Å². The number of carbonyl (C=O) groups is 1. The molecule has 1 N–H and O–H groups in total. The summed E-state index contributed by atoms with van der Waals surface area (Å²) >= 11 is 0. The van der Waals surface area contributed by atoms with E-state index in [2.05, 4.69) is 23.6 Å². The van der Waals surface area contributed by atoms with Gasteiger partial charge in [-0.25, -0.2) is 0 Å². The third-order valence-corrected chi connectivity index (χ3v) is 1.54. The summed E-state index contributed by atoms with van der Waals surface area (Å²) in [5.74, 6) is -0.218. The number of rotatable bonds is 3. The number of allylic oxidation sites excluding steroid dienone is 2. The summed E-state index contributed by atoms with van der Waals surface area (Å²) in [7, 11) is 0. The molecule has 0 atom stereocenters. The average molecular weight is 194 g/mol. The van der Waals surface area contributed by atoms with Gasteiger partial charge in [-0.1, -0.05) is 12.7 Å². The molecule has 0 saturated carbocycles. The summed E-state index contributed by atoms with van der Waals surface area (Å²) in [4.78, 5) is 15.3. The molecule has 14 heavy (non-hydrogen) atoms. The monoisotopic (exact) mass is 194 g/mol. The SMILES string of the molecule is C=C/C(C)=C(\N=C)C(=O)NC(C)(C)C. The first-order valence-electron chi connectivity index (χ1n) is 4.44. The molecular formula is C11H18N2O. The molecule has 0 bridgehead atoms. The van der Waals surface area contributed by atoms with E-state index in [0.717, 1.165) is 5.57 Å². The van der Waals surface area contributed by atoms with Crippen LogP contribution in [-0.2, 0) is 4.79 Å². The molecule has 0 aliphatic heterocycles. The Labute approximate surface area is 85.6 Å². The number of amides is 1. The molecule has 0 aromatic heterocycles. The Hall–Kier alpha value is -1.38. The number of aliphatic imine (C=N–C) groups is 1. The zero-order valence-electron chi connectivity index (χ0n) is 9.35. The van der Waals surface area contributed by atoms with Crippen molar-refractivity contribution in [3.05, 3.63) is 23.9 Å². The van der Waals surface area contributed by atoms with Crippen LogP contribution < -0.4 is 5.32 Å². The maximum atomic E-state index is 11.6. The second kappa shape index (κ2) is 4.74. The van der Waals surface area contributed by atoms with Gasteiger partial charge in [0, 0.05) is 5.54 Å². The first kappa shape index (κ1) is 12.6. The Balaban J connectivity index is 4.83. The summed E-state index contributed by atoms with van der Waals surface area (Å²) in [5.41, 5.74) is 0.783. The van der Waals surface area contributed by atoms with Crippen molar-refractivity contribution in [3.8, 4) is 0 Å². The molecule has 0 aromatic rings. The lowest BCUT2D eigenvalue weighted by Crippen LogP contribution is -2.41. The van der Waals surface area contributed by atoms with E-state index in [1.807, 2.05) is 20.8 Å². The second-order valence-electron chi connectivity index (χ2n) is 4.10. The number of hydrogen-bond acceptors (Lipinski definition) is 2. The fraction of sp³-hybridized carbons (Fsp3) is 0.455. The lowest BCUT2D eigenvalue weighted by atomic mass is 10.1. The molecule has 0 saturated heterocycles. The van der Waals surface area contributed by atoms with E-state index in [4.69, 9.17) is 0 Å². The van der Waals surface area contributed by atoms with Crippen LogP contribution in [0.15, 0.2) is 28.9 Å².